The Labute approximate surface area is 105 Å². The third-order valence-corrected chi connectivity index (χ3v) is 4.08. The van der Waals surface area contributed by atoms with Crippen molar-refractivity contribution in [3.8, 4) is 0 Å². The molecule has 1 aromatic rings. The van der Waals surface area contributed by atoms with Gasteiger partial charge in [0.1, 0.15) is 0 Å². The molecule has 0 aliphatic heterocycles. The van der Waals surface area contributed by atoms with E-state index in [-0.39, 0.29) is 0 Å². The molecule has 0 radical (unpaired) electrons. The van der Waals surface area contributed by atoms with E-state index in [0.717, 1.165) is 16.0 Å². The lowest BCUT2D eigenvalue weighted by Crippen LogP contribution is -2.21. The van der Waals surface area contributed by atoms with Crippen molar-refractivity contribution in [3.63, 3.8) is 0 Å². The molecule has 0 atom stereocenters. The van der Waals surface area contributed by atoms with E-state index in [1.165, 1.54) is 23.1 Å². The van der Waals surface area contributed by atoms with Crippen molar-refractivity contribution in [3.05, 3.63) is 0 Å². The molecule has 1 heterocycles. The van der Waals surface area contributed by atoms with E-state index in [4.69, 9.17) is 0 Å². The molecule has 92 valence electrons. The molecular weight excluding hydrogens is 242 g/mol. The van der Waals surface area contributed by atoms with E-state index in [0.29, 0.717) is 11.7 Å². The lowest BCUT2D eigenvalue weighted by molar-refractivity contribution is 0.107. The number of thioether (sulfide) groups is 1. The molecule has 2 N–H and O–H groups in total. The summed E-state index contributed by atoms with van der Waals surface area (Å²) < 4.78 is 0.897. The smallest absolute Gasteiger partial charge is 0.206 e. The Morgan fingerprint density at radius 1 is 1.44 bits per heavy atom. The predicted molar refractivity (Wildman–Crippen MR) is 70.3 cm³/mol. The summed E-state index contributed by atoms with van der Waals surface area (Å²) in [5.41, 5.74) is -0.665. The summed E-state index contributed by atoms with van der Waals surface area (Å²) in [6.45, 7) is 8.79. The molecule has 16 heavy (non-hydrogen) atoms. The number of rotatable bonds is 6. The van der Waals surface area contributed by atoms with Crippen molar-refractivity contribution in [2.45, 2.75) is 37.6 Å². The number of aromatic nitrogens is 2. The number of hydrogen-bond acceptors (Lipinski definition) is 6. The van der Waals surface area contributed by atoms with Crippen LogP contribution in [0.4, 0.5) is 5.13 Å². The summed E-state index contributed by atoms with van der Waals surface area (Å²) in [6, 6.07) is 0. The lowest BCUT2D eigenvalue weighted by Gasteiger charge is -2.14. The molecule has 0 bridgehead atoms. The van der Waals surface area contributed by atoms with Crippen LogP contribution < -0.4 is 5.32 Å². The minimum absolute atomic E-state index is 0.594. The van der Waals surface area contributed by atoms with E-state index < -0.39 is 5.60 Å². The minimum atomic E-state index is -0.665. The Hall–Kier alpha value is -0.330. The zero-order valence-electron chi connectivity index (χ0n) is 10.1. The van der Waals surface area contributed by atoms with Crippen molar-refractivity contribution in [1.29, 1.82) is 0 Å². The fraction of sp³-hybridized carbons (Fsp3) is 0.800. The normalized spacial score (nSPS) is 12.1. The molecule has 0 amide bonds. The highest BCUT2D eigenvalue weighted by Gasteiger charge is 2.14. The number of nitrogens with zero attached hydrogens (tertiary/aromatic N) is 2. The first-order valence-corrected chi connectivity index (χ1v) is 7.09. The molecule has 1 rings (SSSR count). The average Bonchev–Trinajstić information content (AvgIpc) is 2.58. The van der Waals surface area contributed by atoms with Crippen LogP contribution in [0.25, 0.3) is 0 Å². The van der Waals surface area contributed by atoms with Gasteiger partial charge in [-0.05, 0) is 19.8 Å². The predicted octanol–water partition coefficient (Wildman–Crippen LogP) is 2.47. The topological polar surface area (TPSA) is 58.0 Å². The second-order valence-corrected chi connectivity index (χ2v) is 6.95. The Balaban J connectivity index is 2.39. The number of aliphatic hydroxyl groups is 1. The van der Waals surface area contributed by atoms with Crippen molar-refractivity contribution in [2.24, 2.45) is 5.92 Å². The van der Waals surface area contributed by atoms with Crippen LogP contribution >= 0.6 is 23.1 Å². The van der Waals surface area contributed by atoms with Gasteiger partial charge in [-0.15, -0.1) is 10.2 Å². The second-order valence-electron chi connectivity index (χ2n) is 4.75. The maximum Gasteiger partial charge on any atom is 0.206 e. The van der Waals surface area contributed by atoms with E-state index in [1.54, 1.807) is 13.8 Å². The van der Waals surface area contributed by atoms with Crippen LogP contribution in [0.1, 0.15) is 27.7 Å². The summed E-state index contributed by atoms with van der Waals surface area (Å²) in [4.78, 5) is 0. The van der Waals surface area contributed by atoms with Crippen LogP contribution in [0.2, 0.25) is 0 Å². The van der Waals surface area contributed by atoms with Crippen molar-refractivity contribution in [1.82, 2.24) is 10.2 Å². The standard InChI is InChI=1S/C10H19N3OS2/c1-7(2)5-11-8-12-13-9(16-8)15-6-10(3,4)14/h7,14H,5-6H2,1-4H3,(H,11,12). The minimum Gasteiger partial charge on any atom is -0.390 e. The van der Waals surface area contributed by atoms with Crippen molar-refractivity contribution < 1.29 is 5.11 Å². The molecule has 0 aromatic carbocycles. The summed E-state index contributed by atoms with van der Waals surface area (Å²) in [7, 11) is 0. The van der Waals surface area contributed by atoms with Crippen molar-refractivity contribution >= 4 is 28.2 Å². The van der Waals surface area contributed by atoms with Crippen molar-refractivity contribution in [2.75, 3.05) is 17.6 Å². The van der Waals surface area contributed by atoms with Gasteiger partial charge in [0, 0.05) is 12.3 Å². The second kappa shape index (κ2) is 5.84. The van der Waals surface area contributed by atoms with E-state index in [2.05, 4.69) is 29.4 Å². The van der Waals surface area contributed by atoms with Crippen LogP contribution in [-0.4, -0.2) is 33.2 Å². The van der Waals surface area contributed by atoms with E-state index in [1.807, 2.05) is 0 Å². The zero-order valence-corrected chi connectivity index (χ0v) is 11.8. The molecule has 1 aromatic heterocycles. The van der Waals surface area contributed by atoms with Gasteiger partial charge < -0.3 is 10.4 Å². The van der Waals surface area contributed by atoms with Crippen LogP contribution in [0.5, 0.6) is 0 Å². The van der Waals surface area contributed by atoms with E-state index in [9.17, 15) is 5.11 Å². The maximum absolute atomic E-state index is 9.58. The highest BCUT2D eigenvalue weighted by atomic mass is 32.2. The van der Waals surface area contributed by atoms with Gasteiger partial charge in [0.15, 0.2) is 4.34 Å². The molecule has 0 saturated heterocycles. The Morgan fingerprint density at radius 2 is 2.12 bits per heavy atom. The summed E-state index contributed by atoms with van der Waals surface area (Å²) in [6.07, 6.45) is 0. The average molecular weight is 261 g/mol. The SMILES string of the molecule is CC(C)CNc1nnc(SCC(C)(C)O)s1. The quantitative estimate of drug-likeness (QED) is 0.770. The first-order chi connectivity index (χ1) is 7.37. The lowest BCUT2D eigenvalue weighted by atomic mass is 10.2. The van der Waals surface area contributed by atoms with E-state index >= 15 is 0 Å². The fourth-order valence-electron chi connectivity index (χ4n) is 0.869. The molecule has 0 fully saturated rings. The van der Waals surface area contributed by atoms with Crippen LogP contribution in [0.15, 0.2) is 4.34 Å². The Kier molecular flexibility index (Phi) is 5.01. The third-order valence-electron chi connectivity index (χ3n) is 1.62. The number of hydrogen-bond donors (Lipinski definition) is 2. The van der Waals surface area contributed by atoms with Gasteiger partial charge >= 0.3 is 0 Å². The zero-order chi connectivity index (χ0) is 12.2. The number of anilines is 1. The molecule has 0 saturated carbocycles. The molecule has 0 aliphatic rings. The molecule has 0 unspecified atom stereocenters. The highest BCUT2D eigenvalue weighted by molar-refractivity contribution is 8.01. The molecule has 6 heteroatoms. The van der Waals surface area contributed by atoms with Gasteiger partial charge in [-0.2, -0.15) is 0 Å². The Morgan fingerprint density at radius 3 is 2.69 bits per heavy atom. The third kappa shape index (κ3) is 5.67. The molecule has 0 spiro atoms. The van der Waals surface area contributed by atoms with Crippen LogP contribution in [0, 0.1) is 5.92 Å². The first-order valence-electron chi connectivity index (χ1n) is 5.29. The fourth-order valence-corrected chi connectivity index (χ4v) is 2.58. The summed E-state index contributed by atoms with van der Waals surface area (Å²) in [5.74, 6) is 1.22. The first kappa shape index (κ1) is 13.7. The van der Waals surface area contributed by atoms with Gasteiger partial charge in [-0.25, -0.2) is 0 Å². The van der Waals surface area contributed by atoms with Gasteiger partial charge in [-0.3, -0.25) is 0 Å². The van der Waals surface area contributed by atoms with Gasteiger partial charge in [0.05, 0.1) is 5.60 Å². The monoisotopic (exact) mass is 261 g/mol. The van der Waals surface area contributed by atoms with Crippen LogP contribution in [-0.2, 0) is 0 Å². The Bertz CT molecular complexity index is 320. The largest absolute Gasteiger partial charge is 0.390 e. The molecular formula is C10H19N3OS2. The highest BCUT2D eigenvalue weighted by Crippen LogP contribution is 2.27. The summed E-state index contributed by atoms with van der Waals surface area (Å²) >= 11 is 3.07. The van der Waals surface area contributed by atoms with Crippen LogP contribution in [0.3, 0.4) is 0 Å². The number of nitrogens with one attached hydrogen (secondary N) is 1. The summed E-state index contributed by atoms with van der Waals surface area (Å²) in [5, 5.41) is 21.8. The van der Waals surface area contributed by atoms with Gasteiger partial charge in [0.2, 0.25) is 5.13 Å². The maximum atomic E-state index is 9.58. The van der Waals surface area contributed by atoms with Gasteiger partial charge in [-0.1, -0.05) is 36.9 Å². The van der Waals surface area contributed by atoms with Gasteiger partial charge in [0.25, 0.3) is 0 Å². The molecule has 4 nitrogen and oxygen atoms in total. The molecule has 0 aliphatic carbocycles.